The monoisotopic (exact) mass is 387 g/mol. The van der Waals surface area contributed by atoms with Crippen LogP contribution in [0.5, 0.6) is 0 Å². The number of amidine groups is 1. The number of amides is 1. The summed E-state index contributed by atoms with van der Waals surface area (Å²) in [6, 6.07) is 7.57. The molecule has 144 valence electrons. The van der Waals surface area contributed by atoms with Crippen molar-refractivity contribution in [3.8, 4) is 0 Å². The Labute approximate surface area is 164 Å². The van der Waals surface area contributed by atoms with Crippen molar-refractivity contribution < 1.29 is 14.3 Å². The second kappa shape index (κ2) is 8.17. The normalized spacial score (nSPS) is 19.1. The number of anilines is 1. The molecule has 7 heteroatoms. The van der Waals surface area contributed by atoms with Gasteiger partial charge in [0.25, 0.3) is 0 Å². The Kier molecular flexibility index (Phi) is 5.89. The fourth-order valence-electron chi connectivity index (χ4n) is 3.48. The van der Waals surface area contributed by atoms with Crippen LogP contribution >= 0.6 is 11.8 Å². The summed E-state index contributed by atoms with van der Waals surface area (Å²) in [5.41, 5.74) is 3.05. The number of ether oxygens (including phenoxy) is 1. The lowest BCUT2D eigenvalue weighted by molar-refractivity contribution is -0.139. The molecule has 0 N–H and O–H groups in total. The molecule has 0 bridgehead atoms. The lowest BCUT2D eigenvalue weighted by Crippen LogP contribution is -2.39. The van der Waals surface area contributed by atoms with Gasteiger partial charge >= 0.3 is 5.97 Å². The minimum Gasteiger partial charge on any atom is -0.463 e. The van der Waals surface area contributed by atoms with Crippen LogP contribution in [0.15, 0.2) is 40.5 Å². The molecule has 1 aromatic carbocycles. The standard InChI is InChI=1S/C20H25N3O3S/c1-5-22(6-2)15-10-8-14(9-11-15)18-17(19(25)26-7-3)13(4)21-20-23(18)16(24)12-27-20/h8-11,18H,5-7,12H2,1-4H3/t18-/m0/s1. The van der Waals surface area contributed by atoms with E-state index < -0.39 is 12.0 Å². The van der Waals surface area contributed by atoms with Crippen molar-refractivity contribution in [2.75, 3.05) is 30.3 Å². The number of esters is 1. The van der Waals surface area contributed by atoms with Crippen LogP contribution < -0.4 is 4.90 Å². The molecule has 1 atom stereocenters. The Hall–Kier alpha value is -2.28. The predicted octanol–water partition coefficient (Wildman–Crippen LogP) is 3.36. The molecule has 0 aliphatic carbocycles. The maximum atomic E-state index is 12.7. The maximum Gasteiger partial charge on any atom is 0.338 e. The van der Waals surface area contributed by atoms with Gasteiger partial charge in [-0.05, 0) is 45.4 Å². The van der Waals surface area contributed by atoms with E-state index in [1.54, 1.807) is 18.7 Å². The summed E-state index contributed by atoms with van der Waals surface area (Å²) in [5.74, 6) is -0.109. The lowest BCUT2D eigenvalue weighted by atomic mass is 9.94. The molecular weight excluding hydrogens is 362 g/mol. The third kappa shape index (κ3) is 3.60. The molecule has 0 saturated carbocycles. The smallest absolute Gasteiger partial charge is 0.338 e. The van der Waals surface area contributed by atoms with Gasteiger partial charge in [-0.3, -0.25) is 9.69 Å². The number of nitrogens with zero attached hydrogens (tertiary/aromatic N) is 3. The molecule has 0 spiro atoms. The van der Waals surface area contributed by atoms with E-state index in [9.17, 15) is 9.59 Å². The van der Waals surface area contributed by atoms with Crippen molar-refractivity contribution in [3.05, 3.63) is 41.1 Å². The largest absolute Gasteiger partial charge is 0.463 e. The van der Waals surface area contributed by atoms with Crippen molar-refractivity contribution in [1.29, 1.82) is 0 Å². The molecule has 0 unspecified atom stereocenters. The number of fused-ring (bicyclic) bond motifs is 1. The zero-order valence-corrected chi connectivity index (χ0v) is 17.0. The van der Waals surface area contributed by atoms with E-state index in [1.807, 2.05) is 24.3 Å². The molecule has 3 rings (SSSR count). The first-order valence-electron chi connectivity index (χ1n) is 9.28. The second-order valence-electron chi connectivity index (χ2n) is 6.33. The van der Waals surface area contributed by atoms with Gasteiger partial charge in [0.2, 0.25) is 5.91 Å². The van der Waals surface area contributed by atoms with Gasteiger partial charge in [-0.15, -0.1) is 0 Å². The van der Waals surface area contributed by atoms with E-state index in [0.29, 0.717) is 22.2 Å². The van der Waals surface area contributed by atoms with Crippen molar-refractivity contribution >= 4 is 34.5 Å². The molecule has 2 heterocycles. The summed E-state index contributed by atoms with van der Waals surface area (Å²) in [4.78, 5) is 33.6. The molecule has 0 radical (unpaired) electrons. The van der Waals surface area contributed by atoms with Crippen molar-refractivity contribution in [2.45, 2.75) is 33.7 Å². The van der Waals surface area contributed by atoms with Gasteiger partial charge < -0.3 is 9.64 Å². The van der Waals surface area contributed by atoms with Crippen LogP contribution in [-0.4, -0.2) is 47.4 Å². The van der Waals surface area contributed by atoms with Crippen molar-refractivity contribution in [3.63, 3.8) is 0 Å². The quantitative estimate of drug-likeness (QED) is 0.701. The Balaban J connectivity index is 2.04. The maximum absolute atomic E-state index is 12.7. The Morgan fingerprint density at radius 1 is 1.26 bits per heavy atom. The SMILES string of the molecule is CCOC(=O)C1=C(C)N=C2SCC(=O)N2[C@H]1c1ccc(N(CC)CC)cc1. The molecule has 1 fully saturated rings. The average Bonchev–Trinajstić information content (AvgIpc) is 3.03. The van der Waals surface area contributed by atoms with Gasteiger partial charge in [-0.1, -0.05) is 23.9 Å². The first-order chi connectivity index (χ1) is 13.0. The highest BCUT2D eigenvalue weighted by molar-refractivity contribution is 8.15. The Bertz CT molecular complexity index is 797. The highest BCUT2D eigenvalue weighted by atomic mass is 32.2. The van der Waals surface area contributed by atoms with E-state index in [4.69, 9.17) is 4.74 Å². The summed E-state index contributed by atoms with van der Waals surface area (Å²) in [7, 11) is 0. The number of carbonyl (C=O) groups is 2. The summed E-state index contributed by atoms with van der Waals surface area (Å²) >= 11 is 1.41. The van der Waals surface area contributed by atoms with Gasteiger partial charge in [-0.2, -0.15) is 0 Å². The molecule has 27 heavy (non-hydrogen) atoms. The van der Waals surface area contributed by atoms with Gasteiger partial charge in [0.1, 0.15) is 0 Å². The van der Waals surface area contributed by atoms with Gasteiger partial charge in [-0.25, -0.2) is 9.79 Å². The average molecular weight is 388 g/mol. The third-order valence-electron chi connectivity index (χ3n) is 4.82. The number of aliphatic imine (C=N–C) groups is 1. The van der Waals surface area contributed by atoms with Crippen molar-refractivity contribution in [2.24, 2.45) is 4.99 Å². The summed E-state index contributed by atoms with van der Waals surface area (Å²) in [6.45, 7) is 9.93. The van der Waals surface area contributed by atoms with E-state index in [-0.39, 0.29) is 12.5 Å². The fraction of sp³-hybridized carbons (Fsp3) is 0.450. The minimum atomic E-state index is -0.496. The topological polar surface area (TPSA) is 62.2 Å². The number of benzene rings is 1. The van der Waals surface area contributed by atoms with Crippen LogP contribution in [0, 0.1) is 0 Å². The zero-order valence-electron chi connectivity index (χ0n) is 16.2. The van der Waals surface area contributed by atoms with E-state index in [1.165, 1.54) is 11.8 Å². The van der Waals surface area contributed by atoms with Crippen LogP contribution in [0.2, 0.25) is 0 Å². The minimum absolute atomic E-state index is 0.0362. The third-order valence-corrected chi connectivity index (χ3v) is 5.75. The first-order valence-corrected chi connectivity index (χ1v) is 10.3. The lowest BCUT2D eigenvalue weighted by Gasteiger charge is -2.33. The molecular formula is C20H25N3O3S. The molecule has 6 nitrogen and oxygen atoms in total. The molecule has 1 saturated heterocycles. The molecule has 2 aliphatic rings. The number of carbonyl (C=O) groups excluding carboxylic acids is 2. The highest BCUT2D eigenvalue weighted by Gasteiger charge is 2.43. The van der Waals surface area contributed by atoms with Gasteiger partial charge in [0.05, 0.1) is 29.7 Å². The summed E-state index contributed by atoms with van der Waals surface area (Å²) in [6.07, 6.45) is 0. The van der Waals surface area contributed by atoms with E-state index in [0.717, 1.165) is 24.3 Å². The zero-order chi connectivity index (χ0) is 19.6. The molecule has 1 amide bonds. The summed E-state index contributed by atoms with van der Waals surface area (Å²) in [5, 5.41) is 0.656. The predicted molar refractivity (Wildman–Crippen MR) is 109 cm³/mol. The number of thioether (sulfide) groups is 1. The van der Waals surface area contributed by atoms with Crippen LogP contribution in [0.25, 0.3) is 0 Å². The highest BCUT2D eigenvalue weighted by Crippen LogP contribution is 2.41. The summed E-state index contributed by atoms with van der Waals surface area (Å²) < 4.78 is 5.26. The molecule has 0 aromatic heterocycles. The van der Waals surface area contributed by atoms with E-state index in [2.05, 4.69) is 23.7 Å². The number of hydrogen-bond donors (Lipinski definition) is 0. The second-order valence-corrected chi connectivity index (χ2v) is 7.28. The molecule has 1 aromatic rings. The fourth-order valence-corrected chi connectivity index (χ4v) is 4.42. The number of rotatable bonds is 6. The van der Waals surface area contributed by atoms with Crippen LogP contribution in [0.3, 0.4) is 0 Å². The first kappa shape index (κ1) is 19.5. The number of allylic oxidation sites excluding steroid dienone is 1. The van der Waals surface area contributed by atoms with Crippen LogP contribution in [-0.2, 0) is 14.3 Å². The van der Waals surface area contributed by atoms with Gasteiger partial charge in [0.15, 0.2) is 5.17 Å². The Morgan fingerprint density at radius 3 is 2.52 bits per heavy atom. The Morgan fingerprint density at radius 2 is 1.93 bits per heavy atom. The molecule has 2 aliphatic heterocycles. The van der Waals surface area contributed by atoms with Crippen molar-refractivity contribution in [1.82, 2.24) is 4.90 Å². The number of hydrogen-bond acceptors (Lipinski definition) is 6. The van der Waals surface area contributed by atoms with Crippen LogP contribution in [0.1, 0.15) is 39.3 Å². The van der Waals surface area contributed by atoms with E-state index >= 15 is 0 Å². The van der Waals surface area contributed by atoms with Gasteiger partial charge in [0, 0.05) is 18.8 Å². The van der Waals surface area contributed by atoms with Crippen LogP contribution in [0.4, 0.5) is 5.69 Å².